The molecule has 0 saturated carbocycles. The Bertz CT molecular complexity index is 1020. The predicted octanol–water partition coefficient (Wildman–Crippen LogP) is 4.56. The first-order valence-corrected chi connectivity index (χ1v) is 9.68. The fourth-order valence-corrected chi connectivity index (χ4v) is 3.78. The maximum atomic E-state index is 12.7. The predicted molar refractivity (Wildman–Crippen MR) is 114 cm³/mol. The smallest absolute Gasteiger partial charge is 0.319 e. The molecule has 1 unspecified atom stereocenters. The second kappa shape index (κ2) is 6.86. The second-order valence-electron chi connectivity index (χ2n) is 8.52. The van der Waals surface area contributed by atoms with Gasteiger partial charge in [-0.3, -0.25) is 5.10 Å². The summed E-state index contributed by atoms with van der Waals surface area (Å²) in [5, 5.41) is 14.0. The molecular weight excluding hydrogens is 350 g/mol. The first-order chi connectivity index (χ1) is 13.3. The second-order valence-corrected chi connectivity index (χ2v) is 8.52. The van der Waals surface area contributed by atoms with Gasteiger partial charge in [-0.2, -0.15) is 5.10 Å². The van der Waals surface area contributed by atoms with E-state index in [0.29, 0.717) is 0 Å². The highest BCUT2D eigenvalue weighted by Gasteiger charge is 2.26. The molecule has 0 saturated heterocycles. The Hall–Kier alpha value is -3.02. The molecule has 2 heterocycles. The van der Waals surface area contributed by atoms with Crippen LogP contribution in [0.1, 0.15) is 44.4 Å². The van der Waals surface area contributed by atoms with Crippen molar-refractivity contribution in [1.29, 1.82) is 0 Å². The number of amides is 2. The van der Waals surface area contributed by atoms with Crippen LogP contribution in [0.3, 0.4) is 0 Å². The SMILES string of the molecule is CN1CCC(NC(=O)Nc2cccc3[nH]ncc23)c2ccc(C(C)(C)C)cc21. The van der Waals surface area contributed by atoms with Crippen LogP contribution in [0.25, 0.3) is 10.9 Å². The Kier molecular flexibility index (Phi) is 4.49. The number of carbonyl (C=O) groups is 1. The molecule has 28 heavy (non-hydrogen) atoms. The number of fused-ring (bicyclic) bond motifs is 2. The minimum absolute atomic E-state index is 0.0104. The van der Waals surface area contributed by atoms with Crippen LogP contribution in [-0.2, 0) is 5.41 Å². The first kappa shape index (κ1) is 18.3. The van der Waals surface area contributed by atoms with E-state index in [1.54, 1.807) is 6.20 Å². The van der Waals surface area contributed by atoms with Crippen molar-refractivity contribution in [3.8, 4) is 0 Å². The lowest BCUT2D eigenvalue weighted by Gasteiger charge is -2.35. The number of nitrogens with one attached hydrogen (secondary N) is 3. The molecular formula is C22H27N5O. The maximum Gasteiger partial charge on any atom is 0.319 e. The third-order valence-corrected chi connectivity index (χ3v) is 5.47. The molecule has 1 aromatic heterocycles. The van der Waals surface area contributed by atoms with Gasteiger partial charge in [-0.25, -0.2) is 4.79 Å². The normalized spacial score (nSPS) is 16.7. The van der Waals surface area contributed by atoms with Gasteiger partial charge < -0.3 is 15.5 Å². The average molecular weight is 377 g/mol. The molecule has 1 atom stereocenters. The zero-order valence-electron chi connectivity index (χ0n) is 16.8. The number of urea groups is 1. The molecule has 6 nitrogen and oxygen atoms in total. The summed E-state index contributed by atoms with van der Waals surface area (Å²) in [6.07, 6.45) is 2.60. The summed E-state index contributed by atoms with van der Waals surface area (Å²) in [6, 6.07) is 12.1. The van der Waals surface area contributed by atoms with Gasteiger partial charge in [-0.15, -0.1) is 0 Å². The van der Waals surface area contributed by atoms with Gasteiger partial charge in [-0.05, 0) is 41.2 Å². The molecule has 0 radical (unpaired) electrons. The number of aromatic amines is 1. The molecule has 3 N–H and O–H groups in total. The lowest BCUT2D eigenvalue weighted by Crippen LogP contribution is -2.38. The van der Waals surface area contributed by atoms with Gasteiger partial charge in [-0.1, -0.05) is 39.0 Å². The van der Waals surface area contributed by atoms with Gasteiger partial charge in [0.25, 0.3) is 0 Å². The largest absolute Gasteiger partial charge is 0.374 e. The summed E-state index contributed by atoms with van der Waals surface area (Å²) in [7, 11) is 2.11. The first-order valence-electron chi connectivity index (χ1n) is 9.68. The van der Waals surface area contributed by atoms with Crippen LogP contribution in [0.2, 0.25) is 0 Å². The summed E-state index contributed by atoms with van der Waals surface area (Å²) in [5.74, 6) is 0. The highest BCUT2D eigenvalue weighted by molar-refractivity contribution is 6.00. The van der Waals surface area contributed by atoms with E-state index in [2.05, 4.69) is 71.7 Å². The number of nitrogens with zero attached hydrogens (tertiary/aromatic N) is 2. The van der Waals surface area contributed by atoms with Crippen molar-refractivity contribution >= 4 is 28.3 Å². The molecule has 6 heteroatoms. The number of hydrogen-bond acceptors (Lipinski definition) is 3. The minimum atomic E-state index is -0.200. The van der Waals surface area contributed by atoms with Crippen LogP contribution in [0.4, 0.5) is 16.2 Å². The molecule has 2 aromatic carbocycles. The molecule has 0 bridgehead atoms. The molecule has 0 fully saturated rings. The summed E-state index contributed by atoms with van der Waals surface area (Å²) in [6.45, 7) is 7.56. The summed E-state index contributed by atoms with van der Waals surface area (Å²) in [5.41, 5.74) is 5.41. The zero-order chi connectivity index (χ0) is 19.9. The third kappa shape index (κ3) is 3.42. The molecule has 4 rings (SSSR count). The third-order valence-electron chi connectivity index (χ3n) is 5.47. The monoisotopic (exact) mass is 377 g/mol. The van der Waals surface area contributed by atoms with E-state index in [0.717, 1.165) is 29.6 Å². The summed E-state index contributed by atoms with van der Waals surface area (Å²) >= 11 is 0. The number of aromatic nitrogens is 2. The van der Waals surface area contributed by atoms with Gasteiger partial charge in [0.1, 0.15) is 0 Å². The Labute approximate surface area is 165 Å². The summed E-state index contributed by atoms with van der Waals surface area (Å²) < 4.78 is 0. The molecule has 2 amide bonds. The van der Waals surface area contributed by atoms with Gasteiger partial charge in [0.15, 0.2) is 0 Å². The molecule has 0 spiro atoms. The van der Waals surface area contributed by atoms with Crippen LogP contribution < -0.4 is 15.5 Å². The Morgan fingerprint density at radius 1 is 1.25 bits per heavy atom. The van der Waals surface area contributed by atoms with E-state index in [1.807, 2.05) is 18.2 Å². The zero-order valence-corrected chi connectivity index (χ0v) is 16.8. The Balaban J connectivity index is 1.55. The number of anilines is 2. The van der Waals surface area contributed by atoms with Crippen molar-refractivity contribution < 1.29 is 4.79 Å². The Morgan fingerprint density at radius 2 is 2.07 bits per heavy atom. The van der Waals surface area contributed by atoms with Gasteiger partial charge >= 0.3 is 6.03 Å². The fourth-order valence-electron chi connectivity index (χ4n) is 3.78. The van der Waals surface area contributed by atoms with E-state index >= 15 is 0 Å². The quantitative estimate of drug-likeness (QED) is 0.613. The van der Waals surface area contributed by atoms with Gasteiger partial charge in [0.05, 0.1) is 23.4 Å². The summed E-state index contributed by atoms with van der Waals surface area (Å²) in [4.78, 5) is 15.0. The van der Waals surface area contributed by atoms with Crippen molar-refractivity contribution in [2.24, 2.45) is 0 Å². The number of rotatable bonds is 2. The number of hydrogen-bond donors (Lipinski definition) is 3. The lowest BCUT2D eigenvalue weighted by atomic mass is 9.84. The van der Waals surface area contributed by atoms with E-state index in [1.165, 1.54) is 16.8 Å². The molecule has 1 aliphatic rings. The van der Waals surface area contributed by atoms with Crippen LogP contribution in [0.5, 0.6) is 0 Å². The van der Waals surface area contributed by atoms with E-state index in [4.69, 9.17) is 0 Å². The number of H-pyrrole nitrogens is 1. The van der Waals surface area contributed by atoms with E-state index < -0.39 is 0 Å². The van der Waals surface area contributed by atoms with Crippen LogP contribution in [0, 0.1) is 0 Å². The average Bonchev–Trinajstić information content (AvgIpc) is 3.13. The standard InChI is InChI=1S/C22H27N5O/c1-22(2,3)14-8-9-15-18(10-11-27(4)20(15)12-14)25-21(28)24-17-6-5-7-19-16(17)13-23-26-19/h5-9,12-13,18H,10-11H2,1-4H3,(H,23,26)(H2,24,25,28). The van der Waals surface area contributed by atoms with Crippen molar-refractivity contribution in [2.45, 2.75) is 38.6 Å². The minimum Gasteiger partial charge on any atom is -0.374 e. The van der Waals surface area contributed by atoms with Crippen molar-refractivity contribution in [3.05, 3.63) is 53.7 Å². The molecule has 3 aromatic rings. The molecule has 1 aliphatic heterocycles. The molecule has 146 valence electrons. The topological polar surface area (TPSA) is 73.1 Å². The van der Waals surface area contributed by atoms with Gasteiger partial charge in [0.2, 0.25) is 0 Å². The van der Waals surface area contributed by atoms with E-state index in [-0.39, 0.29) is 17.5 Å². The number of carbonyl (C=O) groups excluding carboxylic acids is 1. The number of benzene rings is 2. The van der Waals surface area contributed by atoms with E-state index in [9.17, 15) is 4.79 Å². The molecule has 0 aliphatic carbocycles. The van der Waals surface area contributed by atoms with Crippen molar-refractivity contribution in [2.75, 3.05) is 23.8 Å². The van der Waals surface area contributed by atoms with Crippen LogP contribution >= 0.6 is 0 Å². The lowest BCUT2D eigenvalue weighted by molar-refractivity contribution is 0.247. The van der Waals surface area contributed by atoms with Crippen LogP contribution in [0.15, 0.2) is 42.6 Å². The van der Waals surface area contributed by atoms with Crippen molar-refractivity contribution in [1.82, 2.24) is 15.5 Å². The highest BCUT2D eigenvalue weighted by atomic mass is 16.2. The van der Waals surface area contributed by atoms with Crippen LogP contribution in [-0.4, -0.2) is 29.8 Å². The highest BCUT2D eigenvalue weighted by Crippen LogP contribution is 2.36. The fraction of sp³-hybridized carbons (Fsp3) is 0.364. The maximum absolute atomic E-state index is 12.7. The van der Waals surface area contributed by atoms with Crippen molar-refractivity contribution in [3.63, 3.8) is 0 Å². The Morgan fingerprint density at radius 3 is 2.86 bits per heavy atom. The van der Waals surface area contributed by atoms with Gasteiger partial charge in [0, 0.05) is 24.7 Å².